The molecule has 0 saturated carbocycles. The van der Waals surface area contributed by atoms with Crippen LogP contribution in [0.25, 0.3) is 0 Å². The summed E-state index contributed by atoms with van der Waals surface area (Å²) >= 11 is 0. The fourth-order valence-corrected chi connectivity index (χ4v) is 8.27. The van der Waals surface area contributed by atoms with E-state index in [0.717, 1.165) is 103 Å². The van der Waals surface area contributed by atoms with E-state index in [1.54, 1.807) is 0 Å². The second-order valence-electron chi connectivity index (χ2n) is 19.9. The number of rotatable bonds is 54. The topological polar surface area (TPSA) is 78.9 Å². The Balaban J connectivity index is 4.44. The summed E-state index contributed by atoms with van der Waals surface area (Å²) in [5.74, 6) is -0.915. The van der Waals surface area contributed by atoms with E-state index in [0.29, 0.717) is 19.3 Å². The summed E-state index contributed by atoms with van der Waals surface area (Å²) < 4.78 is 16.9. The van der Waals surface area contributed by atoms with Gasteiger partial charge in [-0.25, -0.2) is 0 Å². The maximum Gasteiger partial charge on any atom is 0.306 e. The van der Waals surface area contributed by atoms with Crippen LogP contribution in [-0.4, -0.2) is 37.2 Å². The summed E-state index contributed by atoms with van der Waals surface area (Å²) in [5, 5.41) is 0. The van der Waals surface area contributed by atoms with Crippen molar-refractivity contribution >= 4 is 17.9 Å². The van der Waals surface area contributed by atoms with Crippen LogP contribution in [0.3, 0.4) is 0 Å². The first-order chi connectivity index (χ1) is 35.0. The van der Waals surface area contributed by atoms with Crippen molar-refractivity contribution in [1.29, 1.82) is 0 Å². The van der Waals surface area contributed by atoms with Gasteiger partial charge in [0.15, 0.2) is 6.10 Å². The highest BCUT2D eigenvalue weighted by Crippen LogP contribution is 2.15. The molecule has 0 radical (unpaired) electrons. The van der Waals surface area contributed by atoms with Gasteiger partial charge in [-0.05, 0) is 122 Å². The predicted octanol–water partition coefficient (Wildman–Crippen LogP) is 20.3. The first-order valence-corrected chi connectivity index (χ1v) is 30.1. The summed E-state index contributed by atoms with van der Waals surface area (Å²) in [5.41, 5.74) is 0. The Hall–Kier alpha value is -3.41. The van der Waals surface area contributed by atoms with Crippen molar-refractivity contribution in [3.8, 4) is 0 Å². The smallest absolute Gasteiger partial charge is 0.306 e. The molecule has 0 aromatic heterocycles. The van der Waals surface area contributed by atoms with Gasteiger partial charge in [-0.2, -0.15) is 0 Å². The first kappa shape index (κ1) is 67.6. The Bertz CT molecular complexity index is 1370. The minimum Gasteiger partial charge on any atom is -0.462 e. The molecular weight excluding hydrogens is 877 g/mol. The molecule has 0 amide bonds. The van der Waals surface area contributed by atoms with Gasteiger partial charge in [-0.1, -0.05) is 234 Å². The highest BCUT2D eigenvalue weighted by atomic mass is 16.6. The summed E-state index contributed by atoms with van der Waals surface area (Å²) in [6.45, 7) is 6.55. The van der Waals surface area contributed by atoms with Crippen LogP contribution < -0.4 is 0 Å². The van der Waals surface area contributed by atoms with Gasteiger partial charge in [0.05, 0.1) is 0 Å². The van der Waals surface area contributed by atoms with Crippen LogP contribution in [0.4, 0.5) is 0 Å². The highest BCUT2D eigenvalue weighted by molar-refractivity contribution is 5.71. The molecule has 6 nitrogen and oxygen atoms in total. The Morgan fingerprint density at radius 3 is 0.789 bits per heavy atom. The van der Waals surface area contributed by atoms with Gasteiger partial charge >= 0.3 is 17.9 Å². The van der Waals surface area contributed by atoms with Crippen LogP contribution in [0.15, 0.2) is 85.1 Å². The quantitative estimate of drug-likeness (QED) is 0.0261. The van der Waals surface area contributed by atoms with E-state index in [1.807, 2.05) is 0 Å². The van der Waals surface area contributed by atoms with Gasteiger partial charge in [0.25, 0.3) is 0 Å². The summed E-state index contributed by atoms with van der Waals surface area (Å²) in [4.78, 5) is 38.2. The van der Waals surface area contributed by atoms with Crippen LogP contribution in [0.5, 0.6) is 0 Å². The molecule has 0 aromatic carbocycles. The van der Waals surface area contributed by atoms with Crippen molar-refractivity contribution in [2.75, 3.05) is 13.2 Å². The van der Waals surface area contributed by atoms with Crippen molar-refractivity contribution < 1.29 is 28.6 Å². The van der Waals surface area contributed by atoms with E-state index in [9.17, 15) is 14.4 Å². The Morgan fingerprint density at radius 1 is 0.282 bits per heavy atom. The first-order valence-electron chi connectivity index (χ1n) is 30.1. The largest absolute Gasteiger partial charge is 0.462 e. The summed E-state index contributed by atoms with van der Waals surface area (Å²) in [6, 6.07) is 0. The number of carbonyl (C=O) groups is 3. The molecule has 0 aromatic rings. The SMILES string of the molecule is CCCCC/C=C\C/C=C\C/C=C\CCCCCCC(=O)OC[C@H](COC(=O)CCCCCCCCC/C=C\C/C=C\CCCCC)OC(=O)CCCCCCCCCCC/C=C\C/C=C\CCCCC. The molecule has 0 bridgehead atoms. The van der Waals surface area contributed by atoms with Crippen molar-refractivity contribution in [3.05, 3.63) is 85.1 Å². The maximum absolute atomic E-state index is 12.9. The molecule has 1 atom stereocenters. The molecule has 0 aliphatic carbocycles. The molecule has 0 unspecified atom stereocenters. The number of ether oxygens (including phenoxy) is 3. The van der Waals surface area contributed by atoms with E-state index in [-0.39, 0.29) is 31.1 Å². The van der Waals surface area contributed by atoms with Gasteiger partial charge in [-0.3, -0.25) is 14.4 Å². The molecule has 408 valence electrons. The minimum atomic E-state index is -0.793. The molecule has 6 heteroatoms. The molecule has 0 fully saturated rings. The third-order valence-electron chi connectivity index (χ3n) is 12.8. The van der Waals surface area contributed by atoms with Gasteiger partial charge in [0, 0.05) is 19.3 Å². The molecule has 0 saturated heterocycles. The van der Waals surface area contributed by atoms with Gasteiger partial charge < -0.3 is 14.2 Å². The Morgan fingerprint density at radius 2 is 0.507 bits per heavy atom. The number of allylic oxidation sites excluding steroid dienone is 14. The molecule has 71 heavy (non-hydrogen) atoms. The van der Waals surface area contributed by atoms with Gasteiger partial charge in [0.2, 0.25) is 0 Å². The summed E-state index contributed by atoms with van der Waals surface area (Å²) in [7, 11) is 0. The molecule has 0 aliphatic rings. The van der Waals surface area contributed by atoms with Crippen molar-refractivity contribution in [2.24, 2.45) is 0 Å². The number of hydrogen-bond acceptors (Lipinski definition) is 6. The zero-order chi connectivity index (χ0) is 51.4. The normalized spacial score (nSPS) is 12.7. The lowest BCUT2D eigenvalue weighted by molar-refractivity contribution is -0.167. The lowest BCUT2D eigenvalue weighted by atomic mass is 10.1. The highest BCUT2D eigenvalue weighted by Gasteiger charge is 2.19. The zero-order valence-electron chi connectivity index (χ0n) is 46.7. The molecule has 0 heterocycles. The lowest BCUT2D eigenvalue weighted by Gasteiger charge is -2.18. The number of carbonyl (C=O) groups excluding carboxylic acids is 3. The zero-order valence-corrected chi connectivity index (χ0v) is 46.7. The second kappa shape index (κ2) is 59.2. The molecule has 0 aliphatic heterocycles. The van der Waals surface area contributed by atoms with E-state index < -0.39 is 6.10 Å². The van der Waals surface area contributed by atoms with Crippen LogP contribution >= 0.6 is 0 Å². The monoisotopic (exact) mass is 989 g/mol. The van der Waals surface area contributed by atoms with Gasteiger partial charge in [-0.15, -0.1) is 0 Å². The number of hydrogen-bond donors (Lipinski definition) is 0. The minimum absolute atomic E-state index is 0.0894. The fraction of sp³-hybridized carbons (Fsp3) is 0.738. The standard InChI is InChI=1S/C65H112O6/c1-4-7-10-13-16-19-22-25-28-31-32-35-38-41-44-47-50-53-56-59-65(68)71-62(60-69-63(66)57-54-51-48-45-42-39-36-33-29-26-23-20-17-14-11-8-5-2)61-70-64(67)58-55-52-49-46-43-40-37-34-30-27-24-21-18-15-12-9-6-3/h16-21,25-30,36,39,62H,4-15,22-24,31-35,37-38,40-61H2,1-3H3/b19-16-,20-17-,21-18-,28-25-,29-26-,30-27-,39-36-/t62-/m1/s1. The average molecular weight is 990 g/mol. The molecule has 0 spiro atoms. The molecular formula is C65H112O6. The molecule has 0 N–H and O–H groups in total. The van der Waals surface area contributed by atoms with Crippen LogP contribution in [-0.2, 0) is 28.6 Å². The van der Waals surface area contributed by atoms with Crippen LogP contribution in [0.1, 0.15) is 290 Å². The summed E-state index contributed by atoms with van der Waals surface area (Å²) in [6.07, 6.45) is 77.1. The lowest BCUT2D eigenvalue weighted by Crippen LogP contribution is -2.30. The fourth-order valence-electron chi connectivity index (χ4n) is 8.27. The van der Waals surface area contributed by atoms with E-state index in [4.69, 9.17) is 14.2 Å². The number of esters is 3. The number of unbranched alkanes of at least 4 members (excludes halogenated alkanes) is 29. The molecule has 0 rings (SSSR count). The average Bonchev–Trinajstić information content (AvgIpc) is 3.37. The predicted molar refractivity (Wildman–Crippen MR) is 307 cm³/mol. The van der Waals surface area contributed by atoms with E-state index >= 15 is 0 Å². The van der Waals surface area contributed by atoms with Crippen molar-refractivity contribution in [2.45, 2.75) is 297 Å². The Kier molecular flexibility index (Phi) is 56.3. The van der Waals surface area contributed by atoms with Crippen LogP contribution in [0.2, 0.25) is 0 Å². The van der Waals surface area contributed by atoms with Crippen molar-refractivity contribution in [3.63, 3.8) is 0 Å². The third-order valence-corrected chi connectivity index (χ3v) is 12.8. The second-order valence-corrected chi connectivity index (χ2v) is 19.9. The van der Waals surface area contributed by atoms with Gasteiger partial charge in [0.1, 0.15) is 13.2 Å². The Labute approximate surface area is 439 Å². The third kappa shape index (κ3) is 57.4. The van der Waals surface area contributed by atoms with E-state index in [2.05, 4.69) is 106 Å². The van der Waals surface area contributed by atoms with Crippen molar-refractivity contribution in [1.82, 2.24) is 0 Å². The van der Waals surface area contributed by atoms with Crippen LogP contribution in [0, 0.1) is 0 Å². The van der Waals surface area contributed by atoms with E-state index in [1.165, 1.54) is 148 Å². The maximum atomic E-state index is 12.9.